The van der Waals surface area contributed by atoms with Gasteiger partial charge in [0.15, 0.2) is 0 Å². The number of carbonyl (C=O) groups is 1. The van der Waals surface area contributed by atoms with Crippen molar-refractivity contribution in [3.63, 3.8) is 0 Å². The van der Waals surface area contributed by atoms with Crippen LogP contribution >= 0.6 is 0 Å². The Labute approximate surface area is 160 Å². The standard InChI is InChI=1S/C20H28N4O3/c1-13(2)10-20(4,21)11-27-17-7-6-15(8-14(17)3)16-9-18(23-12-22-16)24(5)19(25)26/h6-9,12-13H,10-11,21H2,1-5H3,(H,25,26). The quantitative estimate of drug-likeness (QED) is 0.768. The zero-order chi connectivity index (χ0) is 20.2. The van der Waals surface area contributed by atoms with Crippen LogP contribution in [0.3, 0.4) is 0 Å². The van der Waals surface area contributed by atoms with E-state index >= 15 is 0 Å². The van der Waals surface area contributed by atoms with E-state index in [4.69, 9.17) is 15.6 Å². The highest BCUT2D eigenvalue weighted by Crippen LogP contribution is 2.27. The number of carboxylic acid groups (broad SMARTS) is 1. The van der Waals surface area contributed by atoms with Crippen molar-refractivity contribution in [3.8, 4) is 17.0 Å². The number of hydrogen-bond donors (Lipinski definition) is 2. The van der Waals surface area contributed by atoms with Gasteiger partial charge in [-0.2, -0.15) is 0 Å². The average Bonchev–Trinajstić information content (AvgIpc) is 2.59. The van der Waals surface area contributed by atoms with Gasteiger partial charge in [0.2, 0.25) is 0 Å². The summed E-state index contributed by atoms with van der Waals surface area (Å²) in [5.41, 5.74) is 8.39. The van der Waals surface area contributed by atoms with Crippen molar-refractivity contribution in [3.05, 3.63) is 36.2 Å². The van der Waals surface area contributed by atoms with Crippen LogP contribution in [0.15, 0.2) is 30.6 Å². The van der Waals surface area contributed by atoms with Crippen molar-refractivity contribution >= 4 is 11.9 Å². The van der Waals surface area contributed by atoms with E-state index in [-0.39, 0.29) is 5.54 Å². The van der Waals surface area contributed by atoms with E-state index in [1.54, 1.807) is 6.07 Å². The predicted octanol–water partition coefficient (Wildman–Crippen LogP) is 3.71. The summed E-state index contributed by atoms with van der Waals surface area (Å²) in [6.45, 7) is 8.68. The molecule has 1 heterocycles. The number of anilines is 1. The fourth-order valence-corrected chi connectivity index (χ4v) is 2.99. The van der Waals surface area contributed by atoms with Crippen LogP contribution < -0.4 is 15.4 Å². The fraction of sp³-hybridized carbons (Fsp3) is 0.450. The number of nitrogens with two attached hydrogens (primary N) is 1. The largest absolute Gasteiger partial charge is 0.491 e. The lowest BCUT2D eigenvalue weighted by atomic mass is 9.93. The van der Waals surface area contributed by atoms with Gasteiger partial charge >= 0.3 is 6.09 Å². The molecule has 0 saturated carbocycles. The molecule has 0 bridgehead atoms. The number of rotatable bonds is 7. The summed E-state index contributed by atoms with van der Waals surface area (Å²) in [6, 6.07) is 7.38. The zero-order valence-corrected chi connectivity index (χ0v) is 16.6. The first-order chi connectivity index (χ1) is 12.6. The lowest BCUT2D eigenvalue weighted by Crippen LogP contribution is -2.43. The van der Waals surface area contributed by atoms with Crippen LogP contribution in [0.4, 0.5) is 10.6 Å². The Morgan fingerprint density at radius 3 is 2.63 bits per heavy atom. The third-order valence-electron chi connectivity index (χ3n) is 4.19. The van der Waals surface area contributed by atoms with Gasteiger partial charge in [0.1, 0.15) is 24.5 Å². The molecule has 7 heteroatoms. The molecule has 0 aliphatic heterocycles. The van der Waals surface area contributed by atoms with Crippen LogP contribution in [-0.2, 0) is 0 Å². The number of ether oxygens (including phenoxy) is 1. The Balaban J connectivity index is 2.17. The minimum Gasteiger partial charge on any atom is -0.491 e. The monoisotopic (exact) mass is 372 g/mol. The van der Waals surface area contributed by atoms with Gasteiger partial charge in [0, 0.05) is 24.2 Å². The molecule has 0 fully saturated rings. The number of benzene rings is 1. The van der Waals surface area contributed by atoms with Crippen LogP contribution in [0.25, 0.3) is 11.3 Å². The molecular weight excluding hydrogens is 344 g/mol. The van der Waals surface area contributed by atoms with Gasteiger partial charge in [-0.25, -0.2) is 14.8 Å². The van der Waals surface area contributed by atoms with E-state index in [1.165, 1.54) is 13.4 Å². The molecule has 0 aliphatic carbocycles. The van der Waals surface area contributed by atoms with E-state index in [2.05, 4.69) is 23.8 Å². The molecule has 0 aliphatic rings. The summed E-state index contributed by atoms with van der Waals surface area (Å²) in [5, 5.41) is 9.10. The highest BCUT2D eigenvalue weighted by molar-refractivity contribution is 5.84. The second kappa shape index (κ2) is 8.35. The van der Waals surface area contributed by atoms with Crippen LogP contribution in [0.1, 0.15) is 32.8 Å². The predicted molar refractivity (Wildman–Crippen MR) is 106 cm³/mol. The van der Waals surface area contributed by atoms with Gasteiger partial charge in [-0.1, -0.05) is 13.8 Å². The maximum absolute atomic E-state index is 11.1. The Morgan fingerprint density at radius 1 is 1.33 bits per heavy atom. The molecular formula is C20H28N4O3. The van der Waals surface area contributed by atoms with Crippen molar-refractivity contribution in [2.24, 2.45) is 11.7 Å². The van der Waals surface area contributed by atoms with E-state index in [0.717, 1.165) is 28.2 Å². The molecule has 146 valence electrons. The molecule has 1 aromatic heterocycles. The molecule has 0 spiro atoms. The number of amides is 1. The Morgan fingerprint density at radius 2 is 2.04 bits per heavy atom. The van der Waals surface area contributed by atoms with Crippen LogP contribution in [0.2, 0.25) is 0 Å². The summed E-state index contributed by atoms with van der Waals surface area (Å²) >= 11 is 0. The topological polar surface area (TPSA) is 102 Å². The minimum atomic E-state index is -1.08. The molecule has 0 radical (unpaired) electrons. The maximum Gasteiger partial charge on any atom is 0.412 e. The zero-order valence-electron chi connectivity index (χ0n) is 16.6. The normalized spacial score (nSPS) is 13.3. The molecule has 7 nitrogen and oxygen atoms in total. The summed E-state index contributed by atoms with van der Waals surface area (Å²) in [5.74, 6) is 1.59. The fourth-order valence-electron chi connectivity index (χ4n) is 2.99. The SMILES string of the molecule is Cc1cc(-c2cc(N(C)C(=O)O)ncn2)ccc1OCC(C)(N)CC(C)C. The molecule has 0 saturated heterocycles. The molecule has 1 atom stereocenters. The lowest BCUT2D eigenvalue weighted by molar-refractivity contribution is 0.203. The van der Waals surface area contributed by atoms with Crippen LogP contribution in [-0.4, -0.2) is 40.4 Å². The highest BCUT2D eigenvalue weighted by atomic mass is 16.5. The van der Waals surface area contributed by atoms with Gasteiger partial charge < -0.3 is 15.6 Å². The van der Waals surface area contributed by atoms with Gasteiger partial charge in [-0.3, -0.25) is 4.90 Å². The molecule has 1 unspecified atom stereocenters. The number of aryl methyl sites for hydroxylation is 1. The molecule has 27 heavy (non-hydrogen) atoms. The molecule has 1 aromatic carbocycles. The highest BCUT2D eigenvalue weighted by Gasteiger charge is 2.21. The van der Waals surface area contributed by atoms with E-state index in [9.17, 15) is 4.79 Å². The van der Waals surface area contributed by atoms with E-state index in [0.29, 0.717) is 24.0 Å². The summed E-state index contributed by atoms with van der Waals surface area (Å²) < 4.78 is 5.94. The summed E-state index contributed by atoms with van der Waals surface area (Å²) in [7, 11) is 1.44. The van der Waals surface area contributed by atoms with Crippen LogP contribution in [0, 0.1) is 12.8 Å². The van der Waals surface area contributed by atoms with Gasteiger partial charge in [-0.05, 0) is 49.9 Å². The van der Waals surface area contributed by atoms with Crippen molar-refractivity contribution in [1.82, 2.24) is 9.97 Å². The van der Waals surface area contributed by atoms with Crippen molar-refractivity contribution < 1.29 is 14.6 Å². The second-order valence-corrected chi connectivity index (χ2v) is 7.62. The van der Waals surface area contributed by atoms with Crippen molar-refractivity contribution in [2.45, 2.75) is 39.7 Å². The Hall–Kier alpha value is -2.67. The second-order valence-electron chi connectivity index (χ2n) is 7.62. The smallest absolute Gasteiger partial charge is 0.412 e. The first kappa shape index (κ1) is 20.6. The molecule has 1 amide bonds. The van der Waals surface area contributed by atoms with Crippen molar-refractivity contribution in [1.29, 1.82) is 0 Å². The number of nitrogens with zero attached hydrogens (tertiary/aromatic N) is 3. The Bertz CT molecular complexity index is 806. The number of aromatic nitrogens is 2. The minimum absolute atomic E-state index is 0.318. The van der Waals surface area contributed by atoms with E-state index in [1.807, 2.05) is 32.0 Å². The Kier molecular flexibility index (Phi) is 6.38. The molecule has 2 aromatic rings. The third kappa shape index (κ3) is 5.65. The molecule has 3 N–H and O–H groups in total. The first-order valence-corrected chi connectivity index (χ1v) is 8.90. The molecule has 2 rings (SSSR count). The summed E-state index contributed by atoms with van der Waals surface area (Å²) in [6.07, 6.45) is 1.16. The maximum atomic E-state index is 11.1. The first-order valence-electron chi connectivity index (χ1n) is 8.90. The van der Waals surface area contributed by atoms with Crippen molar-refractivity contribution in [2.75, 3.05) is 18.6 Å². The third-order valence-corrected chi connectivity index (χ3v) is 4.19. The van der Waals surface area contributed by atoms with Crippen LogP contribution in [0.5, 0.6) is 5.75 Å². The van der Waals surface area contributed by atoms with Gasteiger partial charge in [0.05, 0.1) is 5.69 Å². The van der Waals surface area contributed by atoms with Gasteiger partial charge in [0.25, 0.3) is 0 Å². The average molecular weight is 372 g/mol. The van der Waals surface area contributed by atoms with E-state index < -0.39 is 6.09 Å². The lowest BCUT2D eigenvalue weighted by Gasteiger charge is -2.27. The summed E-state index contributed by atoms with van der Waals surface area (Å²) in [4.78, 5) is 20.4. The van der Waals surface area contributed by atoms with Gasteiger partial charge in [-0.15, -0.1) is 0 Å². The number of hydrogen-bond acceptors (Lipinski definition) is 5.